The van der Waals surface area contributed by atoms with Crippen molar-refractivity contribution in [3.8, 4) is 11.4 Å². The molecule has 0 fully saturated rings. The Kier molecular flexibility index (Phi) is 2.05. The lowest BCUT2D eigenvalue weighted by Crippen LogP contribution is -2.05. The largest absolute Gasteiger partial charge is 0.364 e. The molecule has 5 nitrogen and oxygen atoms in total. The highest BCUT2D eigenvalue weighted by Gasteiger charge is 2.05. The second kappa shape index (κ2) is 3.22. The van der Waals surface area contributed by atoms with E-state index in [0.29, 0.717) is 16.2 Å². The van der Waals surface area contributed by atoms with Gasteiger partial charge in [-0.05, 0) is 19.1 Å². The summed E-state index contributed by atoms with van der Waals surface area (Å²) in [6, 6.07) is 1.51. The van der Waals surface area contributed by atoms with Crippen LogP contribution in [0.15, 0.2) is 17.1 Å². The zero-order valence-electron chi connectivity index (χ0n) is 7.42. The first-order chi connectivity index (χ1) is 6.66. The number of aromatic nitrogens is 4. The molecule has 72 valence electrons. The number of nitrogens with zero attached hydrogens (tertiary/aromatic N) is 1. The van der Waals surface area contributed by atoms with Crippen LogP contribution in [0.5, 0.6) is 0 Å². The number of hydrogen-bond acceptors (Lipinski definition) is 3. The minimum absolute atomic E-state index is 0.0843. The molecule has 0 aliphatic rings. The Balaban J connectivity index is 2.63. The Morgan fingerprint density at radius 3 is 2.79 bits per heavy atom. The van der Waals surface area contributed by atoms with E-state index in [9.17, 15) is 4.79 Å². The highest BCUT2D eigenvalue weighted by atomic mass is 32.1. The number of aromatic amines is 3. The fourth-order valence-electron chi connectivity index (χ4n) is 1.16. The van der Waals surface area contributed by atoms with Gasteiger partial charge >= 0.3 is 0 Å². The highest BCUT2D eigenvalue weighted by Crippen LogP contribution is 2.06. The summed E-state index contributed by atoms with van der Waals surface area (Å²) in [5.74, 6) is 0.455. The van der Waals surface area contributed by atoms with E-state index in [1.807, 2.05) is 6.92 Å². The van der Waals surface area contributed by atoms with Crippen LogP contribution in [0.1, 0.15) is 5.69 Å². The molecule has 0 atom stereocenters. The van der Waals surface area contributed by atoms with E-state index in [1.54, 1.807) is 6.20 Å². The maximum atomic E-state index is 11.5. The molecule has 0 aliphatic carbocycles. The summed E-state index contributed by atoms with van der Waals surface area (Å²) in [6.45, 7) is 1.82. The molecule has 0 aliphatic heterocycles. The molecular formula is C8H8N4OS. The molecule has 0 aromatic carbocycles. The molecule has 2 aromatic rings. The number of pyridine rings is 1. The van der Waals surface area contributed by atoms with Gasteiger partial charge in [-0.15, -0.1) is 0 Å². The molecule has 2 rings (SSSR count). The smallest absolute Gasteiger partial charge is 0.213 e. The molecular weight excluding hydrogens is 200 g/mol. The first-order valence-corrected chi connectivity index (χ1v) is 4.42. The number of rotatable bonds is 1. The van der Waals surface area contributed by atoms with E-state index in [4.69, 9.17) is 12.2 Å². The third-order valence-corrected chi connectivity index (χ3v) is 2.01. The molecule has 0 saturated heterocycles. The predicted molar refractivity (Wildman–Crippen MR) is 54.6 cm³/mol. The molecule has 2 aromatic heterocycles. The topological polar surface area (TPSA) is 77.3 Å². The lowest BCUT2D eigenvalue weighted by Gasteiger charge is -1.95. The Hall–Kier alpha value is -1.69. The van der Waals surface area contributed by atoms with E-state index < -0.39 is 0 Å². The normalized spacial score (nSPS) is 10.4. The summed E-state index contributed by atoms with van der Waals surface area (Å²) in [7, 11) is 0. The van der Waals surface area contributed by atoms with Gasteiger partial charge < -0.3 is 4.98 Å². The van der Waals surface area contributed by atoms with Crippen LogP contribution >= 0.6 is 12.2 Å². The Morgan fingerprint density at radius 2 is 2.21 bits per heavy atom. The summed E-state index contributed by atoms with van der Waals surface area (Å²) < 4.78 is 0.333. The molecule has 0 spiro atoms. The lowest BCUT2D eigenvalue weighted by molar-refractivity contribution is 1.08. The summed E-state index contributed by atoms with van der Waals surface area (Å²) in [4.78, 5) is 18.4. The summed E-state index contributed by atoms with van der Waals surface area (Å²) in [5.41, 5.74) is 1.20. The van der Waals surface area contributed by atoms with Crippen molar-refractivity contribution >= 4 is 12.2 Å². The Bertz CT molecular complexity index is 565. The monoisotopic (exact) mass is 208 g/mol. The third-order valence-electron chi connectivity index (χ3n) is 1.81. The maximum absolute atomic E-state index is 11.5. The fourth-order valence-corrected chi connectivity index (χ4v) is 1.30. The number of H-pyrrole nitrogens is 3. The van der Waals surface area contributed by atoms with Crippen molar-refractivity contribution in [1.82, 2.24) is 20.2 Å². The molecule has 3 N–H and O–H groups in total. The second-order valence-electron chi connectivity index (χ2n) is 2.91. The van der Waals surface area contributed by atoms with Crippen molar-refractivity contribution in [2.75, 3.05) is 0 Å². The van der Waals surface area contributed by atoms with Crippen molar-refractivity contribution in [2.45, 2.75) is 6.92 Å². The first-order valence-electron chi connectivity index (χ1n) is 4.01. The van der Waals surface area contributed by atoms with Crippen LogP contribution in [0.4, 0.5) is 0 Å². The van der Waals surface area contributed by atoms with Crippen molar-refractivity contribution < 1.29 is 0 Å². The number of nitrogens with one attached hydrogen (secondary N) is 3. The zero-order chi connectivity index (χ0) is 10.1. The van der Waals surface area contributed by atoms with Gasteiger partial charge in [-0.25, -0.2) is 0 Å². The minimum Gasteiger partial charge on any atom is -0.364 e. The standard InChI is InChI=1S/C8H8N4OS/c1-4-2-6(13)5(3-9-4)7-10-8(14)12-11-7/h2-3H,1H3,(H,9,13)(H2,10,11,12,14). The quantitative estimate of drug-likeness (QED) is 0.615. The van der Waals surface area contributed by atoms with Crippen LogP contribution in [0.3, 0.4) is 0 Å². The van der Waals surface area contributed by atoms with E-state index >= 15 is 0 Å². The van der Waals surface area contributed by atoms with Gasteiger partial charge in [-0.2, -0.15) is 4.98 Å². The molecule has 0 radical (unpaired) electrons. The van der Waals surface area contributed by atoms with Gasteiger partial charge in [0.05, 0.1) is 5.56 Å². The van der Waals surface area contributed by atoms with Crippen molar-refractivity contribution in [3.05, 3.63) is 33.0 Å². The van der Waals surface area contributed by atoms with E-state index in [2.05, 4.69) is 20.2 Å². The van der Waals surface area contributed by atoms with E-state index in [-0.39, 0.29) is 5.43 Å². The number of aryl methyl sites for hydroxylation is 1. The van der Waals surface area contributed by atoms with Gasteiger partial charge in [0.1, 0.15) is 0 Å². The first kappa shape index (κ1) is 8.89. The van der Waals surface area contributed by atoms with Crippen molar-refractivity contribution in [1.29, 1.82) is 0 Å². The van der Waals surface area contributed by atoms with Crippen LogP contribution in [0.2, 0.25) is 0 Å². The highest BCUT2D eigenvalue weighted by molar-refractivity contribution is 7.71. The minimum atomic E-state index is -0.0843. The average molecular weight is 208 g/mol. The number of hydrogen-bond donors (Lipinski definition) is 3. The summed E-state index contributed by atoms with van der Waals surface area (Å²) in [5, 5.41) is 5.36. The van der Waals surface area contributed by atoms with E-state index in [0.717, 1.165) is 5.69 Å². The molecule has 0 saturated carbocycles. The average Bonchev–Trinajstić information content (AvgIpc) is 2.51. The van der Waals surface area contributed by atoms with Crippen LogP contribution in [-0.2, 0) is 0 Å². The van der Waals surface area contributed by atoms with Crippen molar-refractivity contribution in [2.24, 2.45) is 0 Å². The molecule has 0 bridgehead atoms. The zero-order valence-corrected chi connectivity index (χ0v) is 8.23. The van der Waals surface area contributed by atoms with Gasteiger partial charge in [-0.1, -0.05) is 0 Å². The van der Waals surface area contributed by atoms with Gasteiger partial charge in [-0.3, -0.25) is 15.0 Å². The third kappa shape index (κ3) is 1.51. The molecule has 0 amide bonds. The Labute approximate surface area is 84.2 Å². The molecule has 2 heterocycles. The second-order valence-corrected chi connectivity index (χ2v) is 3.30. The fraction of sp³-hybridized carbons (Fsp3) is 0.125. The van der Waals surface area contributed by atoms with Crippen LogP contribution in [0, 0.1) is 11.7 Å². The molecule has 6 heteroatoms. The van der Waals surface area contributed by atoms with Gasteiger partial charge in [0.25, 0.3) is 0 Å². The predicted octanol–water partition coefficient (Wildman–Crippen LogP) is 1.13. The maximum Gasteiger partial charge on any atom is 0.213 e. The van der Waals surface area contributed by atoms with Crippen LogP contribution in [0.25, 0.3) is 11.4 Å². The SMILES string of the molecule is Cc1cc(=O)c(-c2nc(=S)[nH][nH]2)c[nH]1. The molecule has 14 heavy (non-hydrogen) atoms. The van der Waals surface area contributed by atoms with Gasteiger partial charge in [0, 0.05) is 18.0 Å². The van der Waals surface area contributed by atoms with Gasteiger partial charge in [0.15, 0.2) is 11.3 Å². The van der Waals surface area contributed by atoms with Crippen LogP contribution in [-0.4, -0.2) is 20.2 Å². The summed E-state index contributed by atoms with van der Waals surface area (Å²) >= 11 is 4.79. The summed E-state index contributed by atoms with van der Waals surface area (Å²) in [6.07, 6.45) is 1.61. The lowest BCUT2D eigenvalue weighted by atomic mass is 10.2. The van der Waals surface area contributed by atoms with Crippen LogP contribution < -0.4 is 5.43 Å². The Morgan fingerprint density at radius 1 is 1.43 bits per heavy atom. The van der Waals surface area contributed by atoms with Crippen molar-refractivity contribution in [3.63, 3.8) is 0 Å². The van der Waals surface area contributed by atoms with Gasteiger partial charge in [0.2, 0.25) is 4.77 Å². The molecule has 0 unspecified atom stereocenters. The van der Waals surface area contributed by atoms with E-state index in [1.165, 1.54) is 6.07 Å².